The number of amides is 1. The maximum atomic E-state index is 11.1. The van der Waals surface area contributed by atoms with Gasteiger partial charge in [0.1, 0.15) is 11.4 Å². The van der Waals surface area contributed by atoms with Crippen LogP contribution >= 0.6 is 0 Å². The highest BCUT2D eigenvalue weighted by Gasteiger charge is 2.19. The fourth-order valence-corrected chi connectivity index (χ4v) is 1.97. The molecule has 2 heterocycles. The lowest BCUT2D eigenvalue weighted by atomic mass is 10.1. The molecule has 1 atom stereocenters. The van der Waals surface area contributed by atoms with E-state index in [9.17, 15) is 4.79 Å². The van der Waals surface area contributed by atoms with Crippen LogP contribution in [0.25, 0.3) is 0 Å². The lowest BCUT2D eigenvalue weighted by Crippen LogP contribution is -2.42. The van der Waals surface area contributed by atoms with Gasteiger partial charge in [-0.2, -0.15) is 4.98 Å². The molecule has 6 nitrogen and oxygen atoms in total. The van der Waals surface area contributed by atoms with Gasteiger partial charge in [-0.15, -0.1) is 0 Å². The standard InChI is InChI=1S/C14H22N4O2/c1-14(2,3)20-13-10(15)5-6-11(18-13)17-9-4-7-12(19)16-8-9/h5-6,9H,4,7-8,15H2,1-3H3,(H,16,19)(H,17,18). The van der Waals surface area contributed by atoms with Gasteiger partial charge >= 0.3 is 0 Å². The van der Waals surface area contributed by atoms with Gasteiger partial charge in [0, 0.05) is 19.0 Å². The van der Waals surface area contributed by atoms with Crippen LogP contribution < -0.4 is 21.1 Å². The summed E-state index contributed by atoms with van der Waals surface area (Å²) in [6.07, 6.45) is 1.34. The van der Waals surface area contributed by atoms with Gasteiger partial charge in [0.25, 0.3) is 0 Å². The van der Waals surface area contributed by atoms with Gasteiger partial charge in [0.05, 0.1) is 5.69 Å². The quantitative estimate of drug-likeness (QED) is 0.780. The Bertz CT molecular complexity index is 486. The molecule has 1 aromatic heterocycles. The van der Waals surface area contributed by atoms with E-state index in [0.717, 1.165) is 6.42 Å². The van der Waals surface area contributed by atoms with Gasteiger partial charge in [-0.05, 0) is 39.3 Å². The number of aromatic nitrogens is 1. The SMILES string of the molecule is CC(C)(C)Oc1nc(NC2CCC(=O)NC2)ccc1N. The topological polar surface area (TPSA) is 89.3 Å². The summed E-state index contributed by atoms with van der Waals surface area (Å²) in [5.74, 6) is 1.24. The third kappa shape index (κ3) is 4.01. The van der Waals surface area contributed by atoms with Crippen molar-refractivity contribution in [2.24, 2.45) is 0 Å². The minimum absolute atomic E-state index is 0.102. The first-order chi connectivity index (χ1) is 9.33. The molecule has 1 aromatic rings. The van der Waals surface area contributed by atoms with E-state index < -0.39 is 0 Å². The molecule has 110 valence electrons. The number of nitrogens with zero attached hydrogens (tertiary/aromatic N) is 1. The number of carbonyl (C=O) groups is 1. The van der Waals surface area contributed by atoms with Crippen molar-refractivity contribution >= 4 is 17.4 Å². The van der Waals surface area contributed by atoms with Crippen LogP contribution in [0.5, 0.6) is 5.88 Å². The first kappa shape index (κ1) is 14.4. The Morgan fingerprint density at radius 1 is 1.45 bits per heavy atom. The normalized spacial score (nSPS) is 19.4. The molecule has 2 rings (SSSR count). The van der Waals surface area contributed by atoms with E-state index in [1.165, 1.54) is 0 Å². The van der Waals surface area contributed by atoms with Gasteiger partial charge in [-0.3, -0.25) is 4.79 Å². The van der Waals surface area contributed by atoms with Crippen LogP contribution in [0, 0.1) is 0 Å². The summed E-state index contributed by atoms with van der Waals surface area (Å²) in [5.41, 5.74) is 6.04. The largest absolute Gasteiger partial charge is 0.470 e. The Kier molecular flexibility index (Phi) is 4.01. The first-order valence-electron chi connectivity index (χ1n) is 6.82. The van der Waals surface area contributed by atoms with Gasteiger partial charge in [-0.25, -0.2) is 0 Å². The summed E-state index contributed by atoms with van der Waals surface area (Å²) in [6, 6.07) is 3.78. The number of nitrogen functional groups attached to an aromatic ring is 1. The molecule has 0 aliphatic carbocycles. The molecule has 20 heavy (non-hydrogen) atoms. The number of carbonyl (C=O) groups excluding carboxylic acids is 1. The van der Waals surface area contributed by atoms with Crippen LogP contribution in [0.15, 0.2) is 12.1 Å². The maximum Gasteiger partial charge on any atom is 0.239 e. The molecule has 6 heteroatoms. The molecule has 4 N–H and O–H groups in total. The van der Waals surface area contributed by atoms with E-state index in [2.05, 4.69) is 15.6 Å². The first-order valence-corrected chi connectivity index (χ1v) is 6.82. The summed E-state index contributed by atoms with van der Waals surface area (Å²) in [5, 5.41) is 6.12. The molecule has 1 fully saturated rings. The number of ether oxygens (including phenoxy) is 1. The van der Waals surface area contributed by atoms with Crippen molar-refractivity contribution in [2.75, 3.05) is 17.6 Å². The van der Waals surface area contributed by atoms with Crippen LogP contribution in [-0.4, -0.2) is 29.1 Å². The van der Waals surface area contributed by atoms with Crippen molar-refractivity contribution in [1.82, 2.24) is 10.3 Å². The van der Waals surface area contributed by atoms with Gasteiger partial charge in [-0.1, -0.05) is 0 Å². The van der Waals surface area contributed by atoms with Crippen molar-refractivity contribution in [3.63, 3.8) is 0 Å². The van der Waals surface area contributed by atoms with E-state index in [4.69, 9.17) is 10.5 Å². The highest BCUT2D eigenvalue weighted by Crippen LogP contribution is 2.25. The second-order valence-corrected chi connectivity index (χ2v) is 5.99. The summed E-state index contributed by atoms with van der Waals surface area (Å²) in [7, 11) is 0. The number of rotatable bonds is 3. The molecule has 0 aromatic carbocycles. The van der Waals surface area contributed by atoms with Crippen molar-refractivity contribution in [2.45, 2.75) is 45.3 Å². The molecule has 0 radical (unpaired) electrons. The average molecular weight is 278 g/mol. The molecule has 0 bridgehead atoms. The Morgan fingerprint density at radius 2 is 2.20 bits per heavy atom. The van der Waals surface area contributed by atoms with E-state index in [0.29, 0.717) is 30.4 Å². The Morgan fingerprint density at radius 3 is 2.80 bits per heavy atom. The highest BCUT2D eigenvalue weighted by molar-refractivity contribution is 5.77. The van der Waals surface area contributed by atoms with Crippen molar-refractivity contribution < 1.29 is 9.53 Å². The van der Waals surface area contributed by atoms with E-state index >= 15 is 0 Å². The summed E-state index contributed by atoms with van der Waals surface area (Å²) < 4.78 is 5.73. The van der Waals surface area contributed by atoms with Crippen molar-refractivity contribution in [1.29, 1.82) is 0 Å². The highest BCUT2D eigenvalue weighted by atomic mass is 16.5. The Labute approximate surface area is 119 Å². The number of nitrogens with one attached hydrogen (secondary N) is 2. The molecule has 1 unspecified atom stereocenters. The predicted molar refractivity (Wildman–Crippen MR) is 78.7 cm³/mol. The Hall–Kier alpha value is -1.98. The van der Waals surface area contributed by atoms with E-state index in [1.54, 1.807) is 6.07 Å². The third-order valence-electron chi connectivity index (χ3n) is 2.91. The van der Waals surface area contributed by atoms with E-state index in [1.807, 2.05) is 26.8 Å². The number of hydrogen-bond acceptors (Lipinski definition) is 5. The maximum absolute atomic E-state index is 11.1. The number of nitrogens with two attached hydrogens (primary N) is 1. The molecule has 0 spiro atoms. The fourth-order valence-electron chi connectivity index (χ4n) is 1.97. The summed E-state index contributed by atoms with van der Waals surface area (Å²) >= 11 is 0. The molecular weight excluding hydrogens is 256 g/mol. The molecule has 0 saturated carbocycles. The number of piperidine rings is 1. The smallest absolute Gasteiger partial charge is 0.239 e. The van der Waals surface area contributed by atoms with Crippen LogP contribution in [0.1, 0.15) is 33.6 Å². The predicted octanol–water partition coefficient (Wildman–Crippen LogP) is 1.53. The zero-order valence-corrected chi connectivity index (χ0v) is 12.2. The third-order valence-corrected chi connectivity index (χ3v) is 2.91. The minimum Gasteiger partial charge on any atom is -0.470 e. The number of pyridine rings is 1. The summed E-state index contributed by atoms with van der Waals surface area (Å²) in [6.45, 7) is 6.46. The molecule has 1 saturated heterocycles. The van der Waals surface area contributed by atoms with Gasteiger partial charge in [0.15, 0.2) is 0 Å². The lowest BCUT2D eigenvalue weighted by molar-refractivity contribution is -0.122. The van der Waals surface area contributed by atoms with Crippen LogP contribution in [-0.2, 0) is 4.79 Å². The van der Waals surface area contributed by atoms with Crippen LogP contribution in [0.2, 0.25) is 0 Å². The van der Waals surface area contributed by atoms with Crippen molar-refractivity contribution in [3.05, 3.63) is 12.1 Å². The van der Waals surface area contributed by atoms with E-state index in [-0.39, 0.29) is 17.6 Å². The minimum atomic E-state index is -0.349. The molecular formula is C14H22N4O2. The average Bonchev–Trinajstić information content (AvgIpc) is 2.34. The molecule has 1 aliphatic rings. The van der Waals surface area contributed by atoms with Crippen LogP contribution in [0.4, 0.5) is 11.5 Å². The monoisotopic (exact) mass is 278 g/mol. The zero-order chi connectivity index (χ0) is 14.8. The second-order valence-electron chi connectivity index (χ2n) is 5.99. The fraction of sp³-hybridized carbons (Fsp3) is 0.571. The molecule has 1 amide bonds. The second kappa shape index (κ2) is 5.56. The molecule has 1 aliphatic heterocycles. The lowest BCUT2D eigenvalue weighted by Gasteiger charge is -2.25. The van der Waals surface area contributed by atoms with Gasteiger partial charge < -0.3 is 21.1 Å². The zero-order valence-electron chi connectivity index (χ0n) is 12.2. The number of anilines is 2. The number of hydrogen-bond donors (Lipinski definition) is 3. The van der Waals surface area contributed by atoms with Crippen LogP contribution in [0.3, 0.4) is 0 Å². The van der Waals surface area contributed by atoms with Crippen molar-refractivity contribution in [3.8, 4) is 5.88 Å². The van der Waals surface area contributed by atoms with Gasteiger partial charge in [0.2, 0.25) is 11.8 Å². The Balaban J connectivity index is 2.05. The summed E-state index contributed by atoms with van der Waals surface area (Å²) in [4.78, 5) is 15.5.